The van der Waals surface area contributed by atoms with Crippen molar-refractivity contribution in [1.29, 1.82) is 0 Å². The van der Waals surface area contributed by atoms with E-state index in [9.17, 15) is 0 Å². The Bertz CT molecular complexity index is 510. The Kier molecular flexibility index (Phi) is 6.71. The number of halogens is 1. The first kappa shape index (κ1) is 16.5. The summed E-state index contributed by atoms with van der Waals surface area (Å²) < 4.78 is 0. The third-order valence-electron chi connectivity index (χ3n) is 3.74. The zero-order chi connectivity index (χ0) is 15.1. The lowest BCUT2D eigenvalue weighted by molar-refractivity contribution is 0.315. The highest BCUT2D eigenvalue weighted by atomic mass is 35.5. The van der Waals surface area contributed by atoms with Gasteiger partial charge in [0.05, 0.1) is 0 Å². The molecule has 21 heavy (non-hydrogen) atoms. The summed E-state index contributed by atoms with van der Waals surface area (Å²) in [6, 6.07) is 12.8. The van der Waals surface area contributed by atoms with E-state index in [1.807, 2.05) is 30.5 Å². The van der Waals surface area contributed by atoms with E-state index in [0.717, 1.165) is 31.0 Å². The van der Waals surface area contributed by atoms with Gasteiger partial charge in [0.25, 0.3) is 0 Å². The van der Waals surface area contributed by atoms with Crippen LogP contribution in [0.15, 0.2) is 41.8 Å². The molecule has 1 atom stereocenters. The number of likely N-dealkylation sites (N-methyl/N-ethyl adjacent to an activating group) is 1. The molecule has 0 amide bonds. The maximum Gasteiger partial charge on any atom is 0.0406 e. The second-order valence-corrected chi connectivity index (χ2v) is 6.78. The number of hydrogen-bond donors (Lipinski definition) is 1. The van der Waals surface area contributed by atoms with E-state index >= 15 is 0 Å². The van der Waals surface area contributed by atoms with Gasteiger partial charge < -0.3 is 10.2 Å². The molecular formula is C17H23ClN2S. The molecule has 0 aliphatic carbocycles. The van der Waals surface area contributed by atoms with E-state index in [1.165, 1.54) is 10.4 Å². The maximum absolute atomic E-state index is 5.95. The van der Waals surface area contributed by atoms with Crippen molar-refractivity contribution in [3.63, 3.8) is 0 Å². The Morgan fingerprint density at radius 3 is 2.57 bits per heavy atom. The molecule has 4 heteroatoms. The molecule has 114 valence electrons. The fourth-order valence-corrected chi connectivity index (χ4v) is 3.21. The number of thiophene rings is 1. The van der Waals surface area contributed by atoms with Crippen molar-refractivity contribution in [2.45, 2.75) is 18.9 Å². The molecule has 2 nitrogen and oxygen atoms in total. The van der Waals surface area contributed by atoms with E-state index in [-0.39, 0.29) is 0 Å². The van der Waals surface area contributed by atoms with Crippen molar-refractivity contribution in [3.8, 4) is 0 Å². The zero-order valence-corrected chi connectivity index (χ0v) is 14.3. The van der Waals surface area contributed by atoms with Crippen molar-refractivity contribution in [2.75, 3.05) is 27.2 Å². The minimum atomic E-state index is 0.381. The molecule has 0 radical (unpaired) electrons. The molecule has 1 unspecified atom stereocenters. The number of rotatable bonds is 8. The molecule has 0 aliphatic heterocycles. The van der Waals surface area contributed by atoms with Gasteiger partial charge in [-0.05, 0) is 62.6 Å². The van der Waals surface area contributed by atoms with Crippen LogP contribution in [0.1, 0.15) is 22.9 Å². The third kappa shape index (κ3) is 5.44. The highest BCUT2D eigenvalue weighted by Gasteiger charge is 2.10. The summed E-state index contributed by atoms with van der Waals surface area (Å²) in [6.07, 6.45) is 2.23. The van der Waals surface area contributed by atoms with E-state index < -0.39 is 0 Å². The number of nitrogens with one attached hydrogen (secondary N) is 1. The number of benzene rings is 1. The van der Waals surface area contributed by atoms with Gasteiger partial charge in [-0.25, -0.2) is 0 Å². The molecule has 0 saturated carbocycles. The van der Waals surface area contributed by atoms with Crippen molar-refractivity contribution in [1.82, 2.24) is 10.2 Å². The monoisotopic (exact) mass is 322 g/mol. The Hall–Kier alpha value is -0.870. The van der Waals surface area contributed by atoms with Gasteiger partial charge in [0.15, 0.2) is 0 Å². The number of hydrogen-bond acceptors (Lipinski definition) is 3. The Morgan fingerprint density at radius 1 is 1.19 bits per heavy atom. The Balaban J connectivity index is 1.78. The molecule has 0 bridgehead atoms. The molecular weight excluding hydrogens is 300 g/mol. The first-order valence-corrected chi connectivity index (χ1v) is 8.58. The van der Waals surface area contributed by atoms with Crippen LogP contribution in [-0.4, -0.2) is 32.1 Å². The highest BCUT2D eigenvalue weighted by Crippen LogP contribution is 2.19. The van der Waals surface area contributed by atoms with E-state index in [4.69, 9.17) is 11.6 Å². The summed E-state index contributed by atoms with van der Waals surface area (Å²) in [4.78, 5) is 3.87. The predicted molar refractivity (Wildman–Crippen MR) is 93.4 cm³/mol. The molecule has 1 aromatic carbocycles. The van der Waals surface area contributed by atoms with E-state index in [2.05, 4.69) is 46.9 Å². The minimum Gasteiger partial charge on any atom is -0.313 e. The summed E-state index contributed by atoms with van der Waals surface area (Å²) in [5, 5.41) is 6.33. The molecule has 2 aromatic rings. The van der Waals surface area contributed by atoms with Crippen molar-refractivity contribution in [3.05, 3.63) is 57.2 Å². The molecule has 2 rings (SSSR count). The van der Waals surface area contributed by atoms with E-state index in [1.54, 1.807) is 0 Å². The smallest absolute Gasteiger partial charge is 0.0406 e. The lowest BCUT2D eigenvalue weighted by atomic mass is 10.0. The zero-order valence-electron chi connectivity index (χ0n) is 12.7. The molecule has 1 N–H and O–H groups in total. The topological polar surface area (TPSA) is 15.3 Å². The molecule has 1 aromatic heterocycles. The number of nitrogens with zero attached hydrogens (tertiary/aromatic N) is 1. The van der Waals surface area contributed by atoms with Crippen LogP contribution in [0.4, 0.5) is 0 Å². The van der Waals surface area contributed by atoms with Crippen LogP contribution >= 0.6 is 22.9 Å². The van der Waals surface area contributed by atoms with Gasteiger partial charge in [0.2, 0.25) is 0 Å². The van der Waals surface area contributed by atoms with Crippen LogP contribution in [0.3, 0.4) is 0 Å². The Morgan fingerprint density at radius 2 is 1.95 bits per heavy atom. The van der Waals surface area contributed by atoms with Gasteiger partial charge in [-0.3, -0.25) is 0 Å². The van der Waals surface area contributed by atoms with Crippen LogP contribution in [-0.2, 0) is 6.42 Å². The largest absolute Gasteiger partial charge is 0.313 e. The molecule has 0 spiro atoms. The summed E-state index contributed by atoms with van der Waals surface area (Å²) in [5.41, 5.74) is 1.30. The quantitative estimate of drug-likeness (QED) is 0.782. The van der Waals surface area contributed by atoms with E-state index in [0.29, 0.717) is 6.04 Å². The van der Waals surface area contributed by atoms with Gasteiger partial charge in [-0.15, -0.1) is 11.3 Å². The highest BCUT2D eigenvalue weighted by molar-refractivity contribution is 7.09. The van der Waals surface area contributed by atoms with Gasteiger partial charge in [0, 0.05) is 22.5 Å². The summed E-state index contributed by atoms with van der Waals surface area (Å²) in [5.74, 6) is 0. The molecule has 0 aliphatic rings. The normalized spacial score (nSPS) is 12.8. The minimum absolute atomic E-state index is 0.381. The Labute approximate surface area is 136 Å². The standard InChI is InChI=1S/C17H23ClN2S/c1-19-17(14-5-7-15(18)8-6-14)10-12-20(2)11-9-16-4-3-13-21-16/h3-8,13,17,19H,9-12H2,1-2H3. The lowest BCUT2D eigenvalue weighted by Gasteiger charge is -2.21. The van der Waals surface area contributed by atoms with Crippen LogP contribution in [0.5, 0.6) is 0 Å². The average Bonchev–Trinajstić information content (AvgIpc) is 3.01. The first-order valence-electron chi connectivity index (χ1n) is 7.32. The average molecular weight is 323 g/mol. The van der Waals surface area contributed by atoms with Crippen LogP contribution < -0.4 is 5.32 Å². The van der Waals surface area contributed by atoms with Gasteiger partial charge >= 0.3 is 0 Å². The van der Waals surface area contributed by atoms with Crippen LogP contribution in [0.25, 0.3) is 0 Å². The SMILES string of the molecule is CNC(CCN(C)CCc1cccs1)c1ccc(Cl)cc1. The van der Waals surface area contributed by atoms with Crippen LogP contribution in [0, 0.1) is 0 Å². The second-order valence-electron chi connectivity index (χ2n) is 5.31. The van der Waals surface area contributed by atoms with Crippen LogP contribution in [0.2, 0.25) is 5.02 Å². The third-order valence-corrected chi connectivity index (χ3v) is 4.93. The fourth-order valence-electron chi connectivity index (χ4n) is 2.39. The van der Waals surface area contributed by atoms with Crippen molar-refractivity contribution >= 4 is 22.9 Å². The van der Waals surface area contributed by atoms with Gasteiger partial charge in [0.1, 0.15) is 0 Å². The maximum atomic E-state index is 5.95. The lowest BCUT2D eigenvalue weighted by Crippen LogP contribution is -2.27. The van der Waals surface area contributed by atoms with Crippen molar-refractivity contribution in [2.24, 2.45) is 0 Å². The molecule has 0 fully saturated rings. The molecule has 0 saturated heterocycles. The first-order chi connectivity index (χ1) is 10.2. The van der Waals surface area contributed by atoms with Crippen molar-refractivity contribution < 1.29 is 0 Å². The van der Waals surface area contributed by atoms with Gasteiger partial charge in [-0.2, -0.15) is 0 Å². The summed E-state index contributed by atoms with van der Waals surface area (Å²) in [6.45, 7) is 2.19. The molecule has 1 heterocycles. The predicted octanol–water partition coefficient (Wildman–Crippen LogP) is 4.23. The summed E-state index contributed by atoms with van der Waals surface area (Å²) in [7, 11) is 4.22. The van der Waals surface area contributed by atoms with Gasteiger partial charge in [-0.1, -0.05) is 29.8 Å². The fraction of sp³-hybridized carbons (Fsp3) is 0.412. The summed E-state index contributed by atoms with van der Waals surface area (Å²) >= 11 is 7.79. The second kappa shape index (κ2) is 8.54.